The van der Waals surface area contributed by atoms with Gasteiger partial charge in [-0.25, -0.2) is 27.6 Å². The maximum atomic E-state index is 15.3. The Balaban J connectivity index is 2.02. The van der Waals surface area contributed by atoms with Crippen molar-refractivity contribution in [2.75, 3.05) is 22.8 Å². The molecule has 0 unspecified atom stereocenters. The maximum absolute atomic E-state index is 15.3. The summed E-state index contributed by atoms with van der Waals surface area (Å²) in [5, 5.41) is 18.6. The van der Waals surface area contributed by atoms with Crippen LogP contribution in [-0.2, 0) is 10.0 Å². The van der Waals surface area contributed by atoms with Crippen molar-refractivity contribution in [3.63, 3.8) is 0 Å². The first-order valence-corrected chi connectivity index (χ1v) is 12.3. The third kappa shape index (κ3) is 6.19. The van der Waals surface area contributed by atoms with Gasteiger partial charge in [0.2, 0.25) is 16.0 Å². The minimum Gasteiger partial charge on any atom is -0.465 e. The van der Waals surface area contributed by atoms with Gasteiger partial charge in [0.1, 0.15) is 5.69 Å². The molecule has 3 aromatic rings. The van der Waals surface area contributed by atoms with Crippen molar-refractivity contribution >= 4 is 27.8 Å². The van der Waals surface area contributed by atoms with E-state index < -0.39 is 21.9 Å². The van der Waals surface area contributed by atoms with Crippen LogP contribution in [0.25, 0.3) is 22.5 Å². The van der Waals surface area contributed by atoms with E-state index in [1.165, 1.54) is 24.4 Å². The van der Waals surface area contributed by atoms with Crippen molar-refractivity contribution < 1.29 is 22.7 Å². The molecule has 34 heavy (non-hydrogen) atoms. The highest BCUT2D eigenvalue weighted by atomic mass is 32.2. The Hall–Kier alpha value is -3.74. The second-order valence-electron chi connectivity index (χ2n) is 8.00. The fraction of sp³-hybridized carbons (Fsp3) is 0.333. The Morgan fingerprint density at radius 3 is 2.59 bits per heavy atom. The van der Waals surface area contributed by atoms with Gasteiger partial charge in [-0.05, 0) is 39.0 Å². The number of carboxylic acid groups (broad SMARTS) is 1. The van der Waals surface area contributed by atoms with Gasteiger partial charge in [0.15, 0.2) is 5.82 Å². The summed E-state index contributed by atoms with van der Waals surface area (Å²) in [6.45, 7) is 5.78. The molecule has 4 N–H and O–H groups in total. The van der Waals surface area contributed by atoms with Crippen LogP contribution >= 0.6 is 0 Å². The molecule has 0 aliphatic heterocycles. The van der Waals surface area contributed by atoms with Crippen molar-refractivity contribution in [2.24, 2.45) is 0 Å². The van der Waals surface area contributed by atoms with Crippen LogP contribution in [-0.4, -0.2) is 58.2 Å². The molecule has 3 rings (SSSR count). The maximum Gasteiger partial charge on any atom is 0.404 e. The average molecular weight is 492 g/mol. The first kappa shape index (κ1) is 24.9. The highest BCUT2D eigenvalue weighted by Crippen LogP contribution is 2.35. The summed E-state index contributed by atoms with van der Waals surface area (Å²) in [4.78, 5) is 19.4. The van der Waals surface area contributed by atoms with E-state index in [0.29, 0.717) is 11.3 Å². The number of carbonyl (C=O) groups is 1. The first-order valence-electron chi connectivity index (χ1n) is 10.4. The Morgan fingerprint density at radius 1 is 1.21 bits per heavy atom. The third-order valence-corrected chi connectivity index (χ3v) is 5.27. The molecule has 0 fully saturated rings. The van der Waals surface area contributed by atoms with Gasteiger partial charge in [-0.15, -0.1) is 0 Å². The first-order chi connectivity index (χ1) is 15.9. The van der Waals surface area contributed by atoms with Crippen LogP contribution in [0.3, 0.4) is 0 Å². The van der Waals surface area contributed by atoms with Gasteiger partial charge in [-0.2, -0.15) is 5.10 Å². The lowest BCUT2D eigenvalue weighted by Gasteiger charge is -2.13. The van der Waals surface area contributed by atoms with E-state index in [-0.39, 0.29) is 41.5 Å². The summed E-state index contributed by atoms with van der Waals surface area (Å²) in [6.07, 6.45) is 3.07. The van der Waals surface area contributed by atoms with E-state index in [9.17, 15) is 13.2 Å². The van der Waals surface area contributed by atoms with Crippen molar-refractivity contribution in [3.05, 3.63) is 42.5 Å². The fourth-order valence-electron chi connectivity index (χ4n) is 3.14. The number of sulfonamides is 1. The predicted octanol–water partition coefficient (Wildman–Crippen LogP) is 3.17. The zero-order valence-corrected chi connectivity index (χ0v) is 19.9. The number of hydrogen-bond acceptors (Lipinski definition) is 7. The molecule has 0 aliphatic carbocycles. The van der Waals surface area contributed by atoms with E-state index in [1.807, 2.05) is 13.8 Å². The molecule has 0 bridgehead atoms. The monoisotopic (exact) mass is 491 g/mol. The minimum atomic E-state index is -3.68. The number of halogens is 1. The molecule has 0 aliphatic rings. The number of nitrogens with zero attached hydrogens (tertiary/aromatic N) is 4. The number of amides is 1. The van der Waals surface area contributed by atoms with E-state index in [1.54, 1.807) is 23.9 Å². The summed E-state index contributed by atoms with van der Waals surface area (Å²) >= 11 is 0. The minimum absolute atomic E-state index is 0.0322. The van der Waals surface area contributed by atoms with E-state index in [4.69, 9.17) is 5.11 Å². The number of aromatic nitrogens is 4. The van der Waals surface area contributed by atoms with Gasteiger partial charge in [-0.1, -0.05) is 6.07 Å². The number of hydrogen-bond donors (Lipinski definition) is 4. The molecule has 182 valence electrons. The summed E-state index contributed by atoms with van der Waals surface area (Å²) in [5.74, 6) is -0.503. The molecule has 0 spiro atoms. The van der Waals surface area contributed by atoms with Crippen molar-refractivity contribution in [1.29, 1.82) is 0 Å². The Labute approximate surface area is 196 Å². The average Bonchev–Trinajstić information content (AvgIpc) is 3.18. The highest BCUT2D eigenvalue weighted by Gasteiger charge is 2.21. The van der Waals surface area contributed by atoms with E-state index in [2.05, 4.69) is 30.4 Å². The predicted molar refractivity (Wildman–Crippen MR) is 127 cm³/mol. The van der Waals surface area contributed by atoms with Crippen LogP contribution in [0, 0.1) is 5.82 Å². The molecule has 1 atom stereocenters. The quantitative estimate of drug-likeness (QED) is 0.356. The molecule has 2 aromatic heterocycles. The topological polar surface area (TPSA) is 151 Å². The van der Waals surface area contributed by atoms with Crippen LogP contribution in [0.2, 0.25) is 0 Å². The van der Waals surface area contributed by atoms with Crippen LogP contribution in [0.5, 0.6) is 0 Å². The number of nitrogens with one attached hydrogen (secondary N) is 3. The number of rotatable bonds is 9. The van der Waals surface area contributed by atoms with Gasteiger partial charge in [0.05, 0.1) is 17.6 Å². The van der Waals surface area contributed by atoms with Crippen LogP contribution < -0.4 is 15.4 Å². The Morgan fingerprint density at radius 2 is 1.94 bits per heavy atom. The lowest BCUT2D eigenvalue weighted by molar-refractivity contribution is 0.191. The molecule has 0 saturated carbocycles. The Kier molecular flexibility index (Phi) is 7.35. The second kappa shape index (κ2) is 10.0. The molecule has 0 saturated heterocycles. The Bertz CT molecular complexity index is 1290. The largest absolute Gasteiger partial charge is 0.465 e. The molecule has 2 heterocycles. The van der Waals surface area contributed by atoms with Gasteiger partial charge in [0.25, 0.3) is 0 Å². The fourth-order valence-corrected chi connectivity index (χ4v) is 3.69. The SMILES string of the molecule is CC(C)n1cc(-c2ccnc(NC[C@H](C)NC(=O)O)n2)c(-c2cccc(NS(C)(=O)=O)c2F)n1. The van der Waals surface area contributed by atoms with Crippen molar-refractivity contribution in [2.45, 2.75) is 32.9 Å². The number of anilines is 2. The van der Waals surface area contributed by atoms with Gasteiger partial charge < -0.3 is 15.7 Å². The highest BCUT2D eigenvalue weighted by molar-refractivity contribution is 7.92. The van der Waals surface area contributed by atoms with Gasteiger partial charge in [0, 0.05) is 42.1 Å². The van der Waals surface area contributed by atoms with Gasteiger partial charge in [-0.3, -0.25) is 9.40 Å². The molecule has 1 amide bonds. The third-order valence-electron chi connectivity index (χ3n) is 4.68. The summed E-state index contributed by atoms with van der Waals surface area (Å²) in [7, 11) is -3.68. The molecule has 1 aromatic carbocycles. The molecule has 0 radical (unpaired) electrons. The second-order valence-corrected chi connectivity index (χ2v) is 9.75. The molecular formula is C21H26FN7O4S. The smallest absolute Gasteiger partial charge is 0.404 e. The molecular weight excluding hydrogens is 465 g/mol. The van der Waals surface area contributed by atoms with Crippen molar-refractivity contribution in [3.8, 4) is 22.5 Å². The zero-order chi connectivity index (χ0) is 25.0. The standard InChI is InChI=1S/C21H26FN7O4S/c1-12(2)29-11-15(16-8-9-23-20(26-16)24-10-13(3)25-21(30)31)19(27-29)14-6-5-7-17(18(14)22)28-34(4,32)33/h5-9,11-13,25,28H,10H2,1-4H3,(H,30,31)(H,23,24,26)/t13-/m0/s1. The lowest BCUT2D eigenvalue weighted by atomic mass is 10.0. The van der Waals surface area contributed by atoms with E-state index >= 15 is 4.39 Å². The van der Waals surface area contributed by atoms with Crippen LogP contribution in [0.1, 0.15) is 26.8 Å². The molecule has 13 heteroatoms. The summed E-state index contributed by atoms with van der Waals surface area (Å²) < 4.78 is 42.4. The van der Waals surface area contributed by atoms with Crippen LogP contribution in [0.4, 0.5) is 20.8 Å². The van der Waals surface area contributed by atoms with Crippen LogP contribution in [0.15, 0.2) is 36.7 Å². The summed E-state index contributed by atoms with van der Waals surface area (Å²) in [5.41, 5.74) is 1.18. The molecule has 11 nitrogen and oxygen atoms in total. The normalized spacial score (nSPS) is 12.4. The van der Waals surface area contributed by atoms with Crippen molar-refractivity contribution in [1.82, 2.24) is 25.1 Å². The number of benzene rings is 1. The lowest BCUT2D eigenvalue weighted by Crippen LogP contribution is -2.36. The van der Waals surface area contributed by atoms with E-state index in [0.717, 1.165) is 6.26 Å². The van der Waals surface area contributed by atoms with Gasteiger partial charge >= 0.3 is 6.09 Å². The summed E-state index contributed by atoms with van der Waals surface area (Å²) in [6, 6.07) is 5.61. The zero-order valence-electron chi connectivity index (χ0n) is 19.1.